The van der Waals surface area contributed by atoms with Gasteiger partial charge in [0.15, 0.2) is 0 Å². The molecule has 0 saturated heterocycles. The van der Waals surface area contributed by atoms with Crippen molar-refractivity contribution in [2.75, 3.05) is 5.73 Å². The van der Waals surface area contributed by atoms with Crippen LogP contribution in [0.3, 0.4) is 0 Å². The molecule has 0 aromatic heterocycles. The lowest BCUT2D eigenvalue weighted by atomic mass is 9.87. The van der Waals surface area contributed by atoms with E-state index in [1.807, 2.05) is 13.8 Å². The van der Waals surface area contributed by atoms with Crippen molar-refractivity contribution in [2.45, 2.75) is 39.2 Å². The van der Waals surface area contributed by atoms with Gasteiger partial charge in [-0.25, -0.2) is 4.39 Å². The number of nitro groups is 1. The Morgan fingerprint density at radius 1 is 1.52 bits per heavy atom. The van der Waals surface area contributed by atoms with Crippen LogP contribution in [0.4, 0.5) is 15.8 Å². The van der Waals surface area contributed by atoms with Crippen LogP contribution in [0, 0.1) is 21.3 Å². The third kappa shape index (κ3) is 2.81. The van der Waals surface area contributed by atoms with Crippen LogP contribution < -0.4 is 11.1 Å². The summed E-state index contributed by atoms with van der Waals surface area (Å²) in [4.78, 5) is 22.3. The van der Waals surface area contributed by atoms with Crippen molar-refractivity contribution in [2.24, 2.45) is 5.41 Å². The van der Waals surface area contributed by atoms with Crippen molar-refractivity contribution >= 4 is 17.3 Å². The Labute approximate surface area is 121 Å². The third-order valence-electron chi connectivity index (χ3n) is 4.16. The largest absolute Gasteiger partial charge is 0.392 e. The number of amides is 1. The molecular weight excluding hydrogens is 277 g/mol. The monoisotopic (exact) mass is 295 g/mol. The maximum atomic E-state index is 13.8. The van der Waals surface area contributed by atoms with Crippen molar-refractivity contribution in [1.29, 1.82) is 0 Å². The summed E-state index contributed by atoms with van der Waals surface area (Å²) in [5.41, 5.74) is 4.15. The van der Waals surface area contributed by atoms with E-state index in [2.05, 4.69) is 5.32 Å². The van der Waals surface area contributed by atoms with Gasteiger partial charge in [0.05, 0.1) is 4.92 Å². The third-order valence-corrected chi connectivity index (χ3v) is 4.16. The van der Waals surface area contributed by atoms with E-state index in [1.165, 1.54) is 0 Å². The minimum absolute atomic E-state index is 0.0817. The van der Waals surface area contributed by atoms with Crippen LogP contribution in [0.5, 0.6) is 0 Å². The minimum Gasteiger partial charge on any atom is -0.392 e. The van der Waals surface area contributed by atoms with Crippen LogP contribution in [-0.2, 0) is 0 Å². The van der Waals surface area contributed by atoms with Gasteiger partial charge in [0, 0.05) is 12.1 Å². The average Bonchev–Trinajstić information content (AvgIpc) is 2.68. The zero-order valence-electron chi connectivity index (χ0n) is 12.0. The highest BCUT2D eigenvalue weighted by molar-refractivity contribution is 6.01. The van der Waals surface area contributed by atoms with E-state index < -0.39 is 33.6 Å². The molecule has 0 radical (unpaired) electrons. The quantitative estimate of drug-likeness (QED) is 0.508. The molecule has 1 unspecified atom stereocenters. The molecule has 1 saturated carbocycles. The molecule has 1 atom stereocenters. The van der Waals surface area contributed by atoms with Crippen molar-refractivity contribution < 1.29 is 14.1 Å². The van der Waals surface area contributed by atoms with E-state index in [-0.39, 0.29) is 11.5 Å². The van der Waals surface area contributed by atoms with E-state index in [1.54, 1.807) is 0 Å². The molecule has 3 N–H and O–H groups in total. The van der Waals surface area contributed by atoms with Crippen LogP contribution in [0.2, 0.25) is 0 Å². The fourth-order valence-corrected chi connectivity index (χ4v) is 2.80. The number of anilines is 1. The van der Waals surface area contributed by atoms with Gasteiger partial charge < -0.3 is 11.1 Å². The number of carbonyl (C=O) groups is 1. The molecule has 1 aliphatic carbocycles. The van der Waals surface area contributed by atoms with E-state index in [0.717, 1.165) is 31.4 Å². The number of nitro benzene ring substituents is 1. The first-order valence-corrected chi connectivity index (χ1v) is 6.77. The van der Waals surface area contributed by atoms with Gasteiger partial charge in [-0.3, -0.25) is 14.9 Å². The fraction of sp³-hybridized carbons (Fsp3) is 0.500. The second-order valence-corrected chi connectivity index (χ2v) is 6.02. The van der Waals surface area contributed by atoms with Crippen molar-refractivity contribution in [3.05, 3.63) is 33.6 Å². The van der Waals surface area contributed by atoms with Gasteiger partial charge in [-0.15, -0.1) is 0 Å². The molecule has 1 amide bonds. The smallest absolute Gasteiger partial charge is 0.293 e. The Hall–Kier alpha value is -2.18. The second-order valence-electron chi connectivity index (χ2n) is 6.02. The Morgan fingerprint density at radius 2 is 2.19 bits per heavy atom. The summed E-state index contributed by atoms with van der Waals surface area (Å²) in [5.74, 6) is -1.56. The molecule has 1 aromatic carbocycles. The molecule has 1 fully saturated rings. The zero-order chi connectivity index (χ0) is 15.8. The van der Waals surface area contributed by atoms with Crippen LogP contribution in [0.25, 0.3) is 0 Å². The average molecular weight is 295 g/mol. The number of hydrogen-bond acceptors (Lipinski definition) is 4. The lowest BCUT2D eigenvalue weighted by Gasteiger charge is -2.28. The number of nitrogens with one attached hydrogen (secondary N) is 1. The first-order chi connectivity index (χ1) is 9.74. The number of halogens is 1. The molecule has 0 aliphatic heterocycles. The number of hydrogen-bond donors (Lipinski definition) is 2. The van der Waals surface area contributed by atoms with Crippen LogP contribution in [0.1, 0.15) is 43.5 Å². The van der Waals surface area contributed by atoms with Crippen molar-refractivity contribution in [1.82, 2.24) is 5.32 Å². The number of rotatable bonds is 3. The van der Waals surface area contributed by atoms with Crippen LogP contribution in [-0.4, -0.2) is 16.9 Å². The van der Waals surface area contributed by atoms with E-state index in [9.17, 15) is 19.3 Å². The number of nitrogen functional groups attached to an aromatic ring is 1. The topological polar surface area (TPSA) is 98.3 Å². The van der Waals surface area contributed by atoms with Gasteiger partial charge in [-0.2, -0.15) is 0 Å². The molecule has 114 valence electrons. The van der Waals surface area contributed by atoms with Crippen LogP contribution in [0.15, 0.2) is 12.1 Å². The molecular formula is C14H18FN3O3. The molecule has 1 aromatic rings. The van der Waals surface area contributed by atoms with Crippen LogP contribution >= 0.6 is 0 Å². The zero-order valence-corrected chi connectivity index (χ0v) is 12.0. The van der Waals surface area contributed by atoms with Gasteiger partial charge in [-0.05, 0) is 24.3 Å². The first-order valence-electron chi connectivity index (χ1n) is 6.77. The highest BCUT2D eigenvalue weighted by Crippen LogP contribution is 2.37. The summed E-state index contributed by atoms with van der Waals surface area (Å²) in [6.07, 6.45) is 2.74. The Balaban J connectivity index is 2.31. The standard InChI is InChI=1S/C14H18FN3O3/c1-14(2)7-3-4-10(14)17-13(19)11-8(15)5-6-9(12(11)16)18(20)21/h5-6,10H,3-4,7,16H2,1-2H3,(H,17,19). The lowest BCUT2D eigenvalue weighted by Crippen LogP contribution is -2.42. The Bertz CT molecular complexity index is 601. The van der Waals surface area contributed by atoms with Gasteiger partial charge in [-0.1, -0.05) is 20.3 Å². The maximum Gasteiger partial charge on any atom is 0.293 e. The summed E-state index contributed by atoms with van der Waals surface area (Å²) in [6.45, 7) is 4.05. The Kier molecular flexibility index (Phi) is 3.85. The molecule has 1 aliphatic rings. The molecule has 7 heteroatoms. The SMILES string of the molecule is CC1(C)CCCC1NC(=O)c1c(F)ccc([N+](=O)[O-])c1N. The van der Waals surface area contributed by atoms with E-state index in [0.29, 0.717) is 0 Å². The summed E-state index contributed by atoms with van der Waals surface area (Å²) in [7, 11) is 0. The number of benzene rings is 1. The summed E-state index contributed by atoms with van der Waals surface area (Å²) in [5, 5.41) is 13.6. The highest BCUT2D eigenvalue weighted by Gasteiger charge is 2.36. The summed E-state index contributed by atoms with van der Waals surface area (Å²) < 4.78 is 13.8. The molecule has 0 spiro atoms. The second kappa shape index (κ2) is 5.31. The molecule has 0 heterocycles. The fourth-order valence-electron chi connectivity index (χ4n) is 2.80. The number of nitrogens with two attached hydrogens (primary N) is 1. The van der Waals surface area contributed by atoms with E-state index in [4.69, 9.17) is 5.73 Å². The first kappa shape index (κ1) is 15.2. The van der Waals surface area contributed by atoms with E-state index >= 15 is 0 Å². The van der Waals surface area contributed by atoms with Gasteiger partial charge in [0.25, 0.3) is 11.6 Å². The normalized spacial score (nSPS) is 20.2. The minimum atomic E-state index is -0.855. The lowest BCUT2D eigenvalue weighted by molar-refractivity contribution is -0.384. The van der Waals surface area contributed by atoms with Gasteiger partial charge in [0.1, 0.15) is 17.1 Å². The van der Waals surface area contributed by atoms with Gasteiger partial charge >= 0.3 is 0 Å². The highest BCUT2D eigenvalue weighted by atomic mass is 19.1. The van der Waals surface area contributed by atoms with Crippen molar-refractivity contribution in [3.8, 4) is 0 Å². The number of carbonyl (C=O) groups excluding carboxylic acids is 1. The predicted octanol–water partition coefficient (Wildman–Crippen LogP) is 2.62. The van der Waals surface area contributed by atoms with Crippen molar-refractivity contribution in [3.63, 3.8) is 0 Å². The molecule has 6 nitrogen and oxygen atoms in total. The predicted molar refractivity (Wildman–Crippen MR) is 76.4 cm³/mol. The molecule has 21 heavy (non-hydrogen) atoms. The molecule has 0 bridgehead atoms. The summed E-state index contributed by atoms with van der Waals surface area (Å²) >= 11 is 0. The Morgan fingerprint density at radius 3 is 2.71 bits per heavy atom. The maximum absolute atomic E-state index is 13.8. The molecule has 2 rings (SSSR count). The van der Waals surface area contributed by atoms with Gasteiger partial charge in [0.2, 0.25) is 0 Å². The summed E-state index contributed by atoms with van der Waals surface area (Å²) in [6, 6.07) is 1.76. The number of nitrogens with zero attached hydrogens (tertiary/aromatic N) is 1.